The molecule has 0 bridgehead atoms. The van der Waals surface area contributed by atoms with Crippen molar-refractivity contribution in [2.75, 3.05) is 0 Å². The summed E-state index contributed by atoms with van der Waals surface area (Å²) in [4.78, 5) is 11.3. The monoisotopic (exact) mass is 217 g/mol. The smallest absolute Gasteiger partial charge is 0.336 e. The first kappa shape index (κ1) is 10.3. The van der Waals surface area contributed by atoms with Gasteiger partial charge in [-0.1, -0.05) is 6.58 Å². The van der Waals surface area contributed by atoms with Crippen molar-refractivity contribution in [3.63, 3.8) is 0 Å². The lowest BCUT2D eigenvalue weighted by Crippen LogP contribution is -2.03. The molecule has 1 aromatic carbocycles. The van der Waals surface area contributed by atoms with Crippen molar-refractivity contribution >= 4 is 16.7 Å². The first-order chi connectivity index (χ1) is 7.49. The van der Waals surface area contributed by atoms with Gasteiger partial charge in [-0.3, -0.25) is 0 Å². The normalized spacial score (nSPS) is 10.6. The van der Waals surface area contributed by atoms with Gasteiger partial charge >= 0.3 is 5.63 Å². The molecule has 0 aliphatic carbocycles. The van der Waals surface area contributed by atoms with E-state index in [1.54, 1.807) is 13.0 Å². The molecule has 1 heterocycles. The molecule has 0 radical (unpaired) electrons. The molecule has 2 rings (SSSR count). The molecule has 1 aromatic heterocycles. The number of benzene rings is 1. The predicted octanol–water partition coefficient (Wildman–Crippen LogP) is 1.74. The molecule has 4 nitrogen and oxygen atoms in total. The largest absolute Gasteiger partial charge is 0.508 e. The van der Waals surface area contributed by atoms with E-state index < -0.39 is 5.63 Å². The predicted molar refractivity (Wildman–Crippen MR) is 62.1 cm³/mol. The first-order valence-corrected chi connectivity index (χ1v) is 4.71. The summed E-state index contributed by atoms with van der Waals surface area (Å²) in [7, 11) is 0. The van der Waals surface area contributed by atoms with Gasteiger partial charge in [0.2, 0.25) is 0 Å². The van der Waals surface area contributed by atoms with Crippen molar-refractivity contribution in [3.05, 3.63) is 46.3 Å². The Balaban J connectivity index is 2.96. The van der Waals surface area contributed by atoms with E-state index in [2.05, 4.69) is 6.58 Å². The molecular weight excluding hydrogens is 206 g/mol. The first-order valence-electron chi connectivity index (χ1n) is 4.71. The third-order valence-corrected chi connectivity index (χ3v) is 2.41. The van der Waals surface area contributed by atoms with Crippen LogP contribution in [0.4, 0.5) is 0 Å². The lowest BCUT2D eigenvalue weighted by molar-refractivity contribution is 0.469. The molecule has 0 amide bonds. The molecule has 3 N–H and O–H groups in total. The van der Waals surface area contributed by atoms with Crippen molar-refractivity contribution < 1.29 is 9.52 Å². The summed E-state index contributed by atoms with van der Waals surface area (Å²) in [6.07, 6.45) is 0. The van der Waals surface area contributed by atoms with E-state index in [4.69, 9.17) is 10.2 Å². The van der Waals surface area contributed by atoms with E-state index in [9.17, 15) is 9.90 Å². The molecule has 4 heteroatoms. The van der Waals surface area contributed by atoms with Gasteiger partial charge in [0.05, 0.1) is 0 Å². The van der Waals surface area contributed by atoms with Crippen LogP contribution < -0.4 is 11.4 Å². The van der Waals surface area contributed by atoms with Crippen LogP contribution in [0, 0.1) is 6.92 Å². The second-order valence-corrected chi connectivity index (χ2v) is 3.64. The van der Waals surface area contributed by atoms with E-state index in [0.717, 1.165) is 0 Å². The molecule has 0 aliphatic heterocycles. The fourth-order valence-corrected chi connectivity index (χ4v) is 1.57. The highest BCUT2D eigenvalue weighted by Crippen LogP contribution is 2.27. The van der Waals surface area contributed by atoms with Gasteiger partial charge < -0.3 is 15.3 Å². The minimum absolute atomic E-state index is 0.0791. The molecule has 0 saturated heterocycles. The van der Waals surface area contributed by atoms with Gasteiger partial charge in [-0.2, -0.15) is 0 Å². The van der Waals surface area contributed by atoms with Crippen molar-refractivity contribution in [3.8, 4) is 5.75 Å². The van der Waals surface area contributed by atoms with E-state index in [0.29, 0.717) is 27.8 Å². The highest BCUT2D eigenvalue weighted by atomic mass is 16.4. The molecular formula is C12H11NO3. The maximum Gasteiger partial charge on any atom is 0.336 e. The molecule has 0 spiro atoms. The molecule has 0 aliphatic rings. The van der Waals surface area contributed by atoms with Crippen LogP contribution in [0.3, 0.4) is 0 Å². The Kier molecular flexibility index (Phi) is 2.20. The fourth-order valence-electron chi connectivity index (χ4n) is 1.57. The summed E-state index contributed by atoms with van der Waals surface area (Å²) in [5.41, 5.74) is 6.90. The molecule has 0 fully saturated rings. The number of aryl methyl sites for hydroxylation is 1. The Morgan fingerprint density at radius 1 is 1.44 bits per heavy atom. The minimum Gasteiger partial charge on any atom is -0.508 e. The summed E-state index contributed by atoms with van der Waals surface area (Å²) in [5, 5.41) is 10.2. The third-order valence-electron chi connectivity index (χ3n) is 2.41. The van der Waals surface area contributed by atoms with Crippen molar-refractivity contribution in [2.45, 2.75) is 6.92 Å². The number of phenolic OH excluding ortho intramolecular Hbond substituents is 1. The summed E-state index contributed by atoms with van der Waals surface area (Å²) in [5.74, 6) is 0.0791. The molecule has 0 saturated carbocycles. The third kappa shape index (κ3) is 1.54. The van der Waals surface area contributed by atoms with Gasteiger partial charge in [-0.05, 0) is 18.6 Å². The highest BCUT2D eigenvalue weighted by molar-refractivity contribution is 5.90. The zero-order valence-corrected chi connectivity index (χ0v) is 8.78. The highest BCUT2D eigenvalue weighted by Gasteiger charge is 2.09. The summed E-state index contributed by atoms with van der Waals surface area (Å²) in [6, 6.07) is 4.40. The van der Waals surface area contributed by atoms with Crippen molar-refractivity contribution in [2.24, 2.45) is 5.73 Å². The average molecular weight is 217 g/mol. The number of nitrogens with two attached hydrogens (primary N) is 1. The summed E-state index contributed by atoms with van der Waals surface area (Å²) in [6.45, 7) is 5.36. The number of aromatic hydroxyl groups is 1. The van der Waals surface area contributed by atoms with Crippen LogP contribution >= 0.6 is 0 Å². The van der Waals surface area contributed by atoms with Gasteiger partial charge in [0, 0.05) is 28.8 Å². The van der Waals surface area contributed by atoms with E-state index in [1.807, 2.05) is 0 Å². The maximum atomic E-state index is 11.3. The van der Waals surface area contributed by atoms with Gasteiger partial charge in [0.25, 0.3) is 0 Å². The van der Waals surface area contributed by atoms with Crippen molar-refractivity contribution in [1.82, 2.24) is 0 Å². The van der Waals surface area contributed by atoms with Gasteiger partial charge in [-0.15, -0.1) is 0 Å². The second-order valence-electron chi connectivity index (χ2n) is 3.64. The standard InChI is InChI=1S/C12H11NO3/c1-6-3-9-8(7(2)13)4-12(15)16-11(9)5-10(6)14/h3-5,14H,2,13H2,1H3. The average Bonchev–Trinajstić information content (AvgIpc) is 2.19. The summed E-state index contributed by atoms with van der Waals surface area (Å²) >= 11 is 0. The van der Waals surface area contributed by atoms with E-state index in [-0.39, 0.29) is 5.75 Å². The Labute approximate surface area is 91.6 Å². The summed E-state index contributed by atoms with van der Waals surface area (Å²) < 4.78 is 4.98. The zero-order valence-electron chi connectivity index (χ0n) is 8.78. The van der Waals surface area contributed by atoms with Crippen LogP contribution in [0.5, 0.6) is 5.75 Å². The molecule has 0 unspecified atom stereocenters. The molecule has 16 heavy (non-hydrogen) atoms. The SMILES string of the molecule is C=C(N)c1cc(=O)oc2cc(O)c(C)cc12. The van der Waals surface area contributed by atoms with Crippen molar-refractivity contribution in [1.29, 1.82) is 0 Å². The second kappa shape index (κ2) is 3.41. The minimum atomic E-state index is -0.516. The van der Waals surface area contributed by atoms with Crippen LogP contribution in [-0.2, 0) is 0 Å². The number of hydrogen-bond acceptors (Lipinski definition) is 4. The molecule has 82 valence electrons. The Hall–Kier alpha value is -2.23. The van der Waals surface area contributed by atoms with Crippen LogP contribution in [0.1, 0.15) is 11.1 Å². The number of fused-ring (bicyclic) bond motifs is 1. The maximum absolute atomic E-state index is 11.3. The van der Waals surface area contributed by atoms with Gasteiger partial charge in [-0.25, -0.2) is 4.79 Å². The topological polar surface area (TPSA) is 76.5 Å². The molecule has 2 aromatic rings. The fraction of sp³-hybridized carbons (Fsp3) is 0.0833. The number of hydrogen-bond donors (Lipinski definition) is 2. The van der Waals surface area contributed by atoms with E-state index in [1.165, 1.54) is 12.1 Å². The van der Waals surface area contributed by atoms with Crippen LogP contribution in [0.2, 0.25) is 0 Å². The quantitative estimate of drug-likeness (QED) is 0.713. The van der Waals surface area contributed by atoms with E-state index >= 15 is 0 Å². The van der Waals surface area contributed by atoms with Gasteiger partial charge in [0.15, 0.2) is 0 Å². The zero-order chi connectivity index (χ0) is 11.9. The Bertz CT molecular complexity index is 640. The lowest BCUT2D eigenvalue weighted by Gasteiger charge is -2.06. The Morgan fingerprint density at radius 3 is 2.75 bits per heavy atom. The van der Waals surface area contributed by atoms with Crippen LogP contribution in [0.25, 0.3) is 16.7 Å². The lowest BCUT2D eigenvalue weighted by atomic mass is 10.1. The van der Waals surface area contributed by atoms with Crippen LogP contribution in [0.15, 0.2) is 34.0 Å². The van der Waals surface area contributed by atoms with Crippen LogP contribution in [-0.4, -0.2) is 5.11 Å². The number of rotatable bonds is 1. The van der Waals surface area contributed by atoms with Gasteiger partial charge in [0.1, 0.15) is 11.3 Å². The molecule has 0 atom stereocenters. The number of phenols is 1. The Morgan fingerprint density at radius 2 is 2.12 bits per heavy atom.